The maximum Gasteiger partial charge on any atom is 0.264 e. The highest BCUT2D eigenvalue weighted by atomic mass is 32.2. The van der Waals surface area contributed by atoms with Crippen LogP contribution in [0.25, 0.3) is 0 Å². The van der Waals surface area contributed by atoms with Crippen LogP contribution in [0.3, 0.4) is 0 Å². The molecule has 0 spiro atoms. The summed E-state index contributed by atoms with van der Waals surface area (Å²) in [6.07, 6.45) is 0. The molecule has 1 heterocycles. The lowest BCUT2D eigenvalue weighted by Crippen LogP contribution is -2.20. The molecule has 0 saturated heterocycles. The Morgan fingerprint density at radius 1 is 1.15 bits per heavy atom. The summed E-state index contributed by atoms with van der Waals surface area (Å²) in [4.78, 5) is 11.9. The predicted molar refractivity (Wildman–Crippen MR) is 101 cm³/mol. The molecule has 0 bridgehead atoms. The van der Waals surface area contributed by atoms with Gasteiger partial charge in [0, 0.05) is 5.75 Å². The lowest BCUT2D eigenvalue weighted by atomic mass is 10.2. The number of hydrogen-bond acceptors (Lipinski definition) is 7. The van der Waals surface area contributed by atoms with Crippen molar-refractivity contribution in [1.29, 1.82) is 5.26 Å². The van der Waals surface area contributed by atoms with Crippen LogP contribution >= 0.6 is 23.1 Å². The highest BCUT2D eigenvalue weighted by Gasteiger charge is 2.09. The van der Waals surface area contributed by atoms with Gasteiger partial charge in [0.1, 0.15) is 5.75 Å². The number of aromatic nitrogens is 2. The number of carbonyl (C=O) groups is 1. The van der Waals surface area contributed by atoms with Gasteiger partial charge < -0.3 is 4.74 Å². The van der Waals surface area contributed by atoms with E-state index >= 15 is 0 Å². The minimum atomic E-state index is -0.315. The monoisotopic (exact) mass is 382 g/mol. The summed E-state index contributed by atoms with van der Waals surface area (Å²) in [5.74, 6) is 1.01. The third-order valence-electron chi connectivity index (χ3n) is 3.21. The zero-order valence-corrected chi connectivity index (χ0v) is 15.2. The molecule has 26 heavy (non-hydrogen) atoms. The Kier molecular flexibility index (Phi) is 6.19. The van der Waals surface area contributed by atoms with Gasteiger partial charge in [0.05, 0.1) is 11.6 Å². The van der Waals surface area contributed by atoms with E-state index in [-0.39, 0.29) is 12.5 Å². The van der Waals surface area contributed by atoms with Gasteiger partial charge in [-0.1, -0.05) is 53.4 Å². The summed E-state index contributed by atoms with van der Waals surface area (Å²) < 4.78 is 6.17. The first kappa shape index (κ1) is 17.9. The van der Waals surface area contributed by atoms with Gasteiger partial charge in [0.15, 0.2) is 10.9 Å². The number of anilines is 1. The van der Waals surface area contributed by atoms with Gasteiger partial charge >= 0.3 is 0 Å². The molecule has 1 aromatic heterocycles. The Morgan fingerprint density at radius 3 is 2.65 bits per heavy atom. The van der Waals surface area contributed by atoms with Crippen LogP contribution in [0.15, 0.2) is 58.9 Å². The molecule has 6 nitrogen and oxygen atoms in total. The van der Waals surface area contributed by atoms with Gasteiger partial charge in [0.25, 0.3) is 5.91 Å². The van der Waals surface area contributed by atoms with Crippen molar-refractivity contribution < 1.29 is 9.53 Å². The van der Waals surface area contributed by atoms with Crippen LogP contribution in [0.2, 0.25) is 0 Å². The Morgan fingerprint density at radius 2 is 1.92 bits per heavy atom. The quantitative estimate of drug-likeness (QED) is 0.495. The predicted octanol–water partition coefficient (Wildman–Crippen LogP) is 3.72. The number of thioether (sulfide) groups is 1. The Bertz CT molecular complexity index is 905. The number of amides is 1. The van der Waals surface area contributed by atoms with Crippen LogP contribution in [0.5, 0.6) is 5.75 Å². The van der Waals surface area contributed by atoms with Crippen molar-refractivity contribution in [1.82, 2.24) is 10.2 Å². The second-order valence-electron chi connectivity index (χ2n) is 5.12. The first-order valence-corrected chi connectivity index (χ1v) is 9.46. The number of benzene rings is 2. The highest BCUT2D eigenvalue weighted by molar-refractivity contribution is 8.00. The van der Waals surface area contributed by atoms with E-state index in [1.165, 1.54) is 16.9 Å². The number of nitrogens with zero attached hydrogens (tertiary/aromatic N) is 3. The fourth-order valence-corrected chi connectivity index (χ4v) is 3.69. The molecule has 1 N–H and O–H groups in total. The first-order chi connectivity index (χ1) is 12.7. The number of hydrogen-bond donors (Lipinski definition) is 1. The van der Waals surface area contributed by atoms with Crippen molar-refractivity contribution in [3.05, 3.63) is 65.7 Å². The van der Waals surface area contributed by atoms with E-state index in [2.05, 4.69) is 27.6 Å². The van der Waals surface area contributed by atoms with Crippen molar-refractivity contribution in [3.8, 4) is 11.8 Å². The molecule has 0 atom stereocenters. The molecule has 130 valence electrons. The normalized spacial score (nSPS) is 10.1. The summed E-state index contributed by atoms with van der Waals surface area (Å²) in [7, 11) is 0. The first-order valence-electron chi connectivity index (χ1n) is 7.66. The smallest absolute Gasteiger partial charge is 0.264 e. The van der Waals surface area contributed by atoms with Crippen molar-refractivity contribution in [2.75, 3.05) is 11.9 Å². The standard InChI is InChI=1S/C18H14N4O2S2/c19-10-13-6-8-15(9-7-13)24-11-16(23)20-17-21-22-18(26-17)25-12-14-4-2-1-3-5-14/h1-9H,11-12H2,(H,20,21,23). The Balaban J connectivity index is 1.45. The molecule has 0 aliphatic carbocycles. The molecule has 1 amide bonds. The molecular formula is C18H14N4O2S2. The van der Waals surface area contributed by atoms with E-state index in [9.17, 15) is 4.79 Å². The number of rotatable bonds is 7. The molecule has 0 aliphatic rings. The van der Waals surface area contributed by atoms with Gasteiger partial charge in [-0.05, 0) is 29.8 Å². The van der Waals surface area contributed by atoms with Crippen LogP contribution < -0.4 is 10.1 Å². The topological polar surface area (TPSA) is 87.9 Å². The number of ether oxygens (including phenoxy) is 1. The molecular weight excluding hydrogens is 368 g/mol. The van der Waals surface area contributed by atoms with Gasteiger partial charge in [-0.3, -0.25) is 10.1 Å². The number of carbonyl (C=O) groups excluding carboxylic acids is 1. The van der Waals surface area contributed by atoms with Gasteiger partial charge in [-0.2, -0.15) is 5.26 Å². The summed E-state index contributed by atoms with van der Waals surface area (Å²) in [6, 6.07) is 18.7. The highest BCUT2D eigenvalue weighted by Crippen LogP contribution is 2.28. The maximum absolute atomic E-state index is 11.9. The number of nitriles is 1. The zero-order chi connectivity index (χ0) is 18.2. The lowest BCUT2D eigenvalue weighted by Gasteiger charge is -2.05. The minimum Gasteiger partial charge on any atom is -0.484 e. The molecule has 0 aliphatic heterocycles. The second-order valence-corrected chi connectivity index (χ2v) is 7.32. The summed E-state index contributed by atoms with van der Waals surface area (Å²) >= 11 is 2.90. The summed E-state index contributed by atoms with van der Waals surface area (Å²) in [6.45, 7) is -0.141. The third-order valence-corrected chi connectivity index (χ3v) is 5.25. The molecule has 2 aromatic carbocycles. The average molecular weight is 382 g/mol. The van der Waals surface area contributed by atoms with Crippen molar-refractivity contribution >= 4 is 34.1 Å². The van der Waals surface area contributed by atoms with E-state index in [4.69, 9.17) is 10.00 Å². The van der Waals surface area contributed by atoms with Crippen molar-refractivity contribution in [3.63, 3.8) is 0 Å². The van der Waals surface area contributed by atoms with E-state index in [0.717, 1.165) is 10.1 Å². The molecule has 3 rings (SSSR count). The molecule has 0 radical (unpaired) electrons. The third kappa shape index (κ3) is 5.31. The van der Waals surface area contributed by atoms with Gasteiger partial charge in [-0.15, -0.1) is 10.2 Å². The van der Waals surface area contributed by atoms with Crippen LogP contribution in [0.4, 0.5) is 5.13 Å². The number of nitrogens with one attached hydrogen (secondary N) is 1. The molecule has 8 heteroatoms. The molecule has 0 fully saturated rings. The van der Waals surface area contributed by atoms with Crippen LogP contribution in [-0.2, 0) is 10.5 Å². The fraction of sp³-hybridized carbons (Fsp3) is 0.111. The second kappa shape index (κ2) is 8.99. The van der Waals surface area contributed by atoms with Crippen molar-refractivity contribution in [2.45, 2.75) is 10.1 Å². The lowest BCUT2D eigenvalue weighted by molar-refractivity contribution is -0.118. The largest absolute Gasteiger partial charge is 0.484 e. The Labute approximate surface area is 158 Å². The average Bonchev–Trinajstić information content (AvgIpc) is 3.13. The van der Waals surface area contributed by atoms with E-state index < -0.39 is 0 Å². The maximum atomic E-state index is 11.9. The van der Waals surface area contributed by atoms with Crippen LogP contribution in [0.1, 0.15) is 11.1 Å². The van der Waals surface area contributed by atoms with Gasteiger partial charge in [-0.25, -0.2) is 0 Å². The van der Waals surface area contributed by atoms with Crippen LogP contribution in [0, 0.1) is 11.3 Å². The fourth-order valence-electron chi connectivity index (χ4n) is 1.97. The van der Waals surface area contributed by atoms with E-state index in [1.807, 2.05) is 24.3 Å². The molecule has 0 saturated carbocycles. The Hall–Kier alpha value is -2.89. The summed E-state index contributed by atoms with van der Waals surface area (Å²) in [5.41, 5.74) is 1.74. The van der Waals surface area contributed by atoms with Crippen LogP contribution in [-0.4, -0.2) is 22.7 Å². The van der Waals surface area contributed by atoms with E-state index in [0.29, 0.717) is 16.4 Å². The van der Waals surface area contributed by atoms with Gasteiger partial charge in [0.2, 0.25) is 5.13 Å². The minimum absolute atomic E-state index is 0.141. The molecule has 3 aromatic rings. The molecule has 0 unspecified atom stereocenters. The summed E-state index contributed by atoms with van der Waals surface area (Å²) in [5, 5.41) is 19.9. The zero-order valence-electron chi connectivity index (χ0n) is 13.6. The van der Waals surface area contributed by atoms with E-state index in [1.54, 1.807) is 36.0 Å². The SMILES string of the molecule is N#Cc1ccc(OCC(=O)Nc2nnc(SCc3ccccc3)s2)cc1. The van der Waals surface area contributed by atoms with Crippen molar-refractivity contribution in [2.24, 2.45) is 0 Å².